The van der Waals surface area contributed by atoms with Crippen molar-refractivity contribution in [3.8, 4) is 0 Å². The van der Waals surface area contributed by atoms with E-state index in [-0.39, 0.29) is 5.91 Å². The molecule has 0 aromatic heterocycles. The second-order valence-electron chi connectivity index (χ2n) is 5.78. The van der Waals surface area contributed by atoms with E-state index in [2.05, 4.69) is 29.7 Å². The first-order chi connectivity index (χ1) is 10.3. The summed E-state index contributed by atoms with van der Waals surface area (Å²) in [5, 5.41) is 6.42. The molecule has 1 unspecified atom stereocenters. The summed E-state index contributed by atoms with van der Waals surface area (Å²) in [6.07, 6.45) is 3.08. The number of nitrogens with one attached hydrogen (secondary N) is 2. The van der Waals surface area contributed by atoms with Crippen LogP contribution in [0.4, 0.5) is 0 Å². The first-order valence-electron chi connectivity index (χ1n) is 7.91. The summed E-state index contributed by atoms with van der Waals surface area (Å²) in [7, 11) is 0. The highest BCUT2D eigenvalue weighted by Gasteiger charge is 2.21. The smallest absolute Gasteiger partial charge is 0.220 e. The highest BCUT2D eigenvalue weighted by molar-refractivity contribution is 7.99. The van der Waals surface area contributed by atoms with Gasteiger partial charge in [-0.05, 0) is 49.9 Å². The summed E-state index contributed by atoms with van der Waals surface area (Å²) in [4.78, 5) is 13.2. The Labute approximate surface area is 132 Å². The minimum absolute atomic E-state index is 0.203. The van der Waals surface area contributed by atoms with Gasteiger partial charge in [-0.1, -0.05) is 25.1 Å². The minimum atomic E-state index is 0.203. The quantitative estimate of drug-likeness (QED) is 0.601. The second kappa shape index (κ2) is 9.11. The molecule has 1 fully saturated rings. The molecule has 1 heterocycles. The van der Waals surface area contributed by atoms with Crippen LogP contribution in [0.5, 0.6) is 0 Å². The third-order valence-corrected chi connectivity index (χ3v) is 5.15. The average molecular weight is 306 g/mol. The third-order valence-electron chi connectivity index (χ3n) is 4.13. The molecule has 1 amide bonds. The Morgan fingerprint density at radius 2 is 2.05 bits per heavy atom. The highest BCUT2D eigenvalue weighted by atomic mass is 32.2. The van der Waals surface area contributed by atoms with E-state index in [4.69, 9.17) is 0 Å². The molecule has 1 aliphatic heterocycles. The fraction of sp³-hybridized carbons (Fsp3) is 0.588. The number of hydrogen-bond acceptors (Lipinski definition) is 3. The molecule has 1 atom stereocenters. The van der Waals surface area contributed by atoms with Gasteiger partial charge < -0.3 is 10.6 Å². The molecule has 1 aromatic rings. The van der Waals surface area contributed by atoms with Crippen molar-refractivity contribution in [2.75, 3.05) is 25.4 Å². The van der Waals surface area contributed by atoms with Crippen molar-refractivity contribution < 1.29 is 4.79 Å². The molecule has 21 heavy (non-hydrogen) atoms. The zero-order valence-corrected chi connectivity index (χ0v) is 13.6. The Balaban J connectivity index is 1.58. The van der Waals surface area contributed by atoms with Crippen LogP contribution in [0.1, 0.15) is 26.2 Å². The lowest BCUT2D eigenvalue weighted by Gasteiger charge is -2.27. The Bertz CT molecular complexity index is 418. The molecule has 0 radical (unpaired) electrons. The number of hydrogen-bond donors (Lipinski definition) is 2. The van der Waals surface area contributed by atoms with Crippen LogP contribution in [0.2, 0.25) is 0 Å². The first-order valence-corrected chi connectivity index (χ1v) is 8.89. The maximum Gasteiger partial charge on any atom is 0.220 e. The molecule has 0 bridgehead atoms. The van der Waals surface area contributed by atoms with Gasteiger partial charge in [-0.25, -0.2) is 0 Å². The lowest BCUT2D eigenvalue weighted by atomic mass is 9.84. The van der Waals surface area contributed by atoms with Crippen LogP contribution < -0.4 is 10.6 Å². The van der Waals surface area contributed by atoms with E-state index in [1.165, 1.54) is 17.7 Å². The van der Waals surface area contributed by atoms with Crippen LogP contribution in [-0.2, 0) is 4.79 Å². The van der Waals surface area contributed by atoms with Crippen molar-refractivity contribution in [3.05, 3.63) is 30.3 Å². The lowest BCUT2D eigenvalue weighted by molar-refractivity contribution is -0.122. The molecular formula is C17H26N2OS. The van der Waals surface area contributed by atoms with Gasteiger partial charge in [0.2, 0.25) is 5.91 Å². The molecule has 1 aromatic carbocycles. The van der Waals surface area contributed by atoms with E-state index >= 15 is 0 Å². The first kappa shape index (κ1) is 16.4. The number of amides is 1. The molecule has 0 saturated carbocycles. The Hall–Kier alpha value is -1.00. The number of thioether (sulfide) groups is 1. The van der Waals surface area contributed by atoms with Crippen LogP contribution in [0.3, 0.4) is 0 Å². The van der Waals surface area contributed by atoms with Gasteiger partial charge in [-0.3, -0.25) is 4.79 Å². The van der Waals surface area contributed by atoms with Crippen molar-refractivity contribution in [1.29, 1.82) is 0 Å². The molecule has 1 aliphatic rings. The summed E-state index contributed by atoms with van der Waals surface area (Å²) < 4.78 is 0. The van der Waals surface area contributed by atoms with Gasteiger partial charge in [0.1, 0.15) is 0 Å². The van der Waals surface area contributed by atoms with Gasteiger partial charge in [0, 0.05) is 23.6 Å². The van der Waals surface area contributed by atoms with Crippen LogP contribution in [-0.4, -0.2) is 31.3 Å². The largest absolute Gasteiger partial charge is 0.355 e. The number of piperidine rings is 1. The monoisotopic (exact) mass is 306 g/mol. The van der Waals surface area contributed by atoms with Crippen molar-refractivity contribution in [2.45, 2.75) is 31.1 Å². The van der Waals surface area contributed by atoms with Gasteiger partial charge in [0.05, 0.1) is 0 Å². The summed E-state index contributed by atoms with van der Waals surface area (Å²) in [6, 6.07) is 10.3. The molecular weight excluding hydrogens is 280 g/mol. The van der Waals surface area contributed by atoms with E-state index in [1.54, 1.807) is 11.8 Å². The van der Waals surface area contributed by atoms with E-state index < -0.39 is 0 Å². The number of benzene rings is 1. The molecule has 0 spiro atoms. The van der Waals surface area contributed by atoms with Crippen LogP contribution in [0.25, 0.3) is 0 Å². The topological polar surface area (TPSA) is 41.1 Å². The maximum absolute atomic E-state index is 12.0. The Morgan fingerprint density at radius 1 is 1.33 bits per heavy atom. The Kier molecular flexibility index (Phi) is 7.10. The second-order valence-corrected chi connectivity index (χ2v) is 6.95. The fourth-order valence-electron chi connectivity index (χ4n) is 2.82. The van der Waals surface area contributed by atoms with Crippen molar-refractivity contribution in [2.24, 2.45) is 11.8 Å². The van der Waals surface area contributed by atoms with E-state index in [0.717, 1.165) is 25.4 Å². The zero-order valence-electron chi connectivity index (χ0n) is 12.8. The van der Waals surface area contributed by atoms with E-state index in [1.807, 2.05) is 18.2 Å². The number of carbonyl (C=O) groups excluding carboxylic acids is 1. The number of rotatable bonds is 7. The normalized spacial score (nSPS) is 17.4. The molecule has 2 rings (SSSR count). The minimum Gasteiger partial charge on any atom is -0.355 e. The zero-order chi connectivity index (χ0) is 14.9. The van der Waals surface area contributed by atoms with Crippen LogP contribution in [0, 0.1) is 11.8 Å². The Morgan fingerprint density at radius 3 is 2.76 bits per heavy atom. The molecule has 4 heteroatoms. The fourth-order valence-corrected chi connectivity index (χ4v) is 3.61. The molecule has 116 valence electrons. The van der Waals surface area contributed by atoms with Crippen molar-refractivity contribution in [3.63, 3.8) is 0 Å². The van der Waals surface area contributed by atoms with Gasteiger partial charge >= 0.3 is 0 Å². The SMILES string of the molecule is CC(CC(=O)NCCSc1ccccc1)C1CCNCC1. The standard InChI is InChI=1S/C17H26N2OS/c1-14(15-7-9-18-10-8-15)13-17(20)19-11-12-21-16-5-3-2-4-6-16/h2-6,14-15,18H,7-13H2,1H3,(H,19,20). The third kappa shape index (κ3) is 6.10. The predicted molar refractivity (Wildman–Crippen MR) is 89.6 cm³/mol. The van der Waals surface area contributed by atoms with Crippen LogP contribution >= 0.6 is 11.8 Å². The molecule has 0 aliphatic carbocycles. The number of carbonyl (C=O) groups is 1. The molecule has 2 N–H and O–H groups in total. The lowest BCUT2D eigenvalue weighted by Crippen LogP contribution is -2.34. The highest BCUT2D eigenvalue weighted by Crippen LogP contribution is 2.24. The van der Waals surface area contributed by atoms with Crippen LogP contribution in [0.15, 0.2) is 35.2 Å². The predicted octanol–water partition coefficient (Wildman–Crippen LogP) is 2.92. The van der Waals surface area contributed by atoms with Gasteiger partial charge in [0.15, 0.2) is 0 Å². The summed E-state index contributed by atoms with van der Waals surface area (Å²) in [6.45, 7) is 5.17. The van der Waals surface area contributed by atoms with Crippen molar-refractivity contribution in [1.82, 2.24) is 10.6 Å². The van der Waals surface area contributed by atoms with Gasteiger partial charge in [-0.2, -0.15) is 0 Å². The molecule has 3 nitrogen and oxygen atoms in total. The molecule has 1 saturated heterocycles. The summed E-state index contributed by atoms with van der Waals surface area (Å²) >= 11 is 1.79. The van der Waals surface area contributed by atoms with E-state index in [0.29, 0.717) is 18.3 Å². The van der Waals surface area contributed by atoms with Crippen molar-refractivity contribution >= 4 is 17.7 Å². The average Bonchev–Trinajstić information content (AvgIpc) is 2.53. The maximum atomic E-state index is 12.0. The van der Waals surface area contributed by atoms with Gasteiger partial charge in [0.25, 0.3) is 0 Å². The van der Waals surface area contributed by atoms with Gasteiger partial charge in [-0.15, -0.1) is 11.8 Å². The van der Waals surface area contributed by atoms with E-state index in [9.17, 15) is 4.79 Å². The summed E-state index contributed by atoms with van der Waals surface area (Å²) in [5.41, 5.74) is 0. The summed E-state index contributed by atoms with van der Waals surface area (Å²) in [5.74, 6) is 2.33.